The minimum Gasteiger partial charge on any atom is -0.504 e. The van der Waals surface area contributed by atoms with E-state index in [0.29, 0.717) is 5.75 Å². The molecule has 0 heterocycles. The molecule has 1 rings (SSSR count). The molecular weight excluding hydrogens is 192 g/mol. The van der Waals surface area contributed by atoms with Crippen molar-refractivity contribution in [3.8, 4) is 11.5 Å². The summed E-state index contributed by atoms with van der Waals surface area (Å²) in [5.41, 5.74) is 1.80. The van der Waals surface area contributed by atoms with E-state index in [0.717, 1.165) is 11.3 Å². The lowest BCUT2D eigenvalue weighted by Gasteiger charge is -2.09. The van der Waals surface area contributed by atoms with E-state index in [1.54, 1.807) is 23.2 Å². The van der Waals surface area contributed by atoms with Gasteiger partial charge in [0.1, 0.15) is 0 Å². The quantitative estimate of drug-likeness (QED) is 0.607. The van der Waals surface area contributed by atoms with Crippen LogP contribution in [0.4, 0.5) is 0 Å². The summed E-state index contributed by atoms with van der Waals surface area (Å²) in [6, 6.07) is 5.17. The number of rotatable bonds is 3. The third-order valence-electron chi connectivity index (χ3n) is 1.95. The number of hydrazone groups is 1. The van der Waals surface area contributed by atoms with Crippen LogP contribution in [0.25, 0.3) is 0 Å². The summed E-state index contributed by atoms with van der Waals surface area (Å²) in [7, 11) is 5.25. The Kier molecular flexibility index (Phi) is 3.55. The molecule has 0 spiro atoms. The Balaban J connectivity index is 3.06. The Hall–Kier alpha value is -1.71. The third kappa shape index (κ3) is 2.87. The molecule has 0 amide bonds. The van der Waals surface area contributed by atoms with E-state index in [9.17, 15) is 5.11 Å². The number of methoxy groups -OCH3 is 1. The highest BCUT2D eigenvalue weighted by Gasteiger charge is 2.04. The molecule has 0 bridgehead atoms. The van der Waals surface area contributed by atoms with Gasteiger partial charge in [0.05, 0.1) is 12.8 Å². The fourth-order valence-corrected chi connectivity index (χ4v) is 1.26. The van der Waals surface area contributed by atoms with Crippen LogP contribution in [-0.4, -0.2) is 37.0 Å². The van der Waals surface area contributed by atoms with Crippen molar-refractivity contribution in [2.24, 2.45) is 5.10 Å². The zero-order chi connectivity index (χ0) is 11.4. The van der Waals surface area contributed by atoms with Gasteiger partial charge in [0.15, 0.2) is 11.5 Å². The monoisotopic (exact) mass is 208 g/mol. The summed E-state index contributed by atoms with van der Waals surface area (Å²) < 4.78 is 5.02. The SMILES string of the molecule is COc1cc(C(C)=NN(C)C)ccc1O. The smallest absolute Gasteiger partial charge is 0.161 e. The lowest BCUT2D eigenvalue weighted by molar-refractivity contribution is 0.373. The van der Waals surface area contributed by atoms with E-state index in [1.807, 2.05) is 21.0 Å². The van der Waals surface area contributed by atoms with Gasteiger partial charge in [-0.2, -0.15) is 5.10 Å². The number of phenols is 1. The van der Waals surface area contributed by atoms with Gasteiger partial charge in [-0.3, -0.25) is 0 Å². The van der Waals surface area contributed by atoms with Gasteiger partial charge in [0.25, 0.3) is 0 Å². The molecule has 0 aromatic heterocycles. The standard InChI is InChI=1S/C11H16N2O2/c1-8(12-13(2)3)9-5-6-10(14)11(7-9)15-4/h5-7,14H,1-4H3. The summed E-state index contributed by atoms with van der Waals surface area (Å²) in [6.45, 7) is 1.91. The second-order valence-corrected chi connectivity index (χ2v) is 3.42. The van der Waals surface area contributed by atoms with Crippen molar-refractivity contribution in [3.05, 3.63) is 23.8 Å². The number of hydrogen-bond acceptors (Lipinski definition) is 4. The first-order chi connectivity index (χ1) is 7.04. The second kappa shape index (κ2) is 4.68. The Morgan fingerprint density at radius 1 is 1.40 bits per heavy atom. The number of nitrogens with zero attached hydrogens (tertiary/aromatic N) is 2. The molecule has 0 unspecified atom stereocenters. The number of ether oxygens (including phenoxy) is 1. The molecule has 4 heteroatoms. The molecule has 15 heavy (non-hydrogen) atoms. The van der Waals surface area contributed by atoms with Crippen molar-refractivity contribution in [1.29, 1.82) is 0 Å². The van der Waals surface area contributed by atoms with Gasteiger partial charge >= 0.3 is 0 Å². The summed E-state index contributed by atoms with van der Waals surface area (Å²) in [5.74, 6) is 0.597. The van der Waals surface area contributed by atoms with Gasteiger partial charge in [0.2, 0.25) is 0 Å². The zero-order valence-electron chi connectivity index (χ0n) is 9.48. The topological polar surface area (TPSA) is 45.1 Å². The van der Waals surface area contributed by atoms with Crippen LogP contribution < -0.4 is 4.74 Å². The normalized spacial score (nSPS) is 11.3. The molecule has 4 nitrogen and oxygen atoms in total. The molecule has 0 aliphatic heterocycles. The van der Waals surface area contributed by atoms with Crippen molar-refractivity contribution in [2.45, 2.75) is 6.92 Å². The van der Waals surface area contributed by atoms with E-state index >= 15 is 0 Å². The summed E-state index contributed by atoms with van der Waals surface area (Å²) >= 11 is 0. The van der Waals surface area contributed by atoms with Crippen molar-refractivity contribution in [1.82, 2.24) is 5.01 Å². The molecule has 0 radical (unpaired) electrons. The van der Waals surface area contributed by atoms with E-state index in [4.69, 9.17) is 4.74 Å². The van der Waals surface area contributed by atoms with Crippen LogP contribution in [-0.2, 0) is 0 Å². The van der Waals surface area contributed by atoms with Crippen LogP contribution in [0.5, 0.6) is 11.5 Å². The Morgan fingerprint density at radius 2 is 2.07 bits per heavy atom. The largest absolute Gasteiger partial charge is 0.504 e. The minimum atomic E-state index is 0.138. The number of aromatic hydroxyl groups is 1. The summed E-state index contributed by atoms with van der Waals surface area (Å²) in [5, 5.41) is 15.4. The van der Waals surface area contributed by atoms with Crippen molar-refractivity contribution in [2.75, 3.05) is 21.2 Å². The molecule has 1 N–H and O–H groups in total. The molecule has 82 valence electrons. The van der Waals surface area contributed by atoms with Crippen LogP contribution in [0, 0.1) is 0 Å². The minimum absolute atomic E-state index is 0.138. The predicted octanol–water partition coefficient (Wildman–Crippen LogP) is 1.69. The molecule has 0 saturated heterocycles. The lowest BCUT2D eigenvalue weighted by atomic mass is 10.1. The molecule has 0 fully saturated rings. The van der Waals surface area contributed by atoms with Gasteiger partial charge in [-0.1, -0.05) is 0 Å². The maximum absolute atomic E-state index is 9.42. The molecule has 0 atom stereocenters. The average molecular weight is 208 g/mol. The first-order valence-electron chi connectivity index (χ1n) is 4.64. The number of benzene rings is 1. The molecule has 0 aliphatic rings. The van der Waals surface area contributed by atoms with Crippen LogP contribution in [0.2, 0.25) is 0 Å². The fourth-order valence-electron chi connectivity index (χ4n) is 1.26. The number of phenolic OH excluding ortho intramolecular Hbond substituents is 1. The summed E-state index contributed by atoms with van der Waals surface area (Å²) in [4.78, 5) is 0. The highest BCUT2D eigenvalue weighted by Crippen LogP contribution is 2.26. The average Bonchev–Trinajstić information content (AvgIpc) is 2.17. The van der Waals surface area contributed by atoms with Crippen molar-refractivity contribution in [3.63, 3.8) is 0 Å². The van der Waals surface area contributed by atoms with Gasteiger partial charge in [0, 0.05) is 19.7 Å². The third-order valence-corrected chi connectivity index (χ3v) is 1.95. The van der Waals surface area contributed by atoms with Crippen LogP contribution >= 0.6 is 0 Å². The van der Waals surface area contributed by atoms with Gasteiger partial charge in [-0.25, -0.2) is 0 Å². The first kappa shape index (κ1) is 11.4. The van der Waals surface area contributed by atoms with Crippen molar-refractivity contribution < 1.29 is 9.84 Å². The molecular formula is C11H16N2O2. The zero-order valence-corrected chi connectivity index (χ0v) is 9.48. The molecule has 1 aromatic rings. The van der Waals surface area contributed by atoms with Gasteiger partial charge < -0.3 is 14.9 Å². The molecule has 0 saturated carbocycles. The lowest BCUT2D eigenvalue weighted by Crippen LogP contribution is -2.07. The van der Waals surface area contributed by atoms with Gasteiger partial charge in [-0.15, -0.1) is 0 Å². The van der Waals surface area contributed by atoms with E-state index in [1.165, 1.54) is 7.11 Å². The van der Waals surface area contributed by atoms with E-state index in [2.05, 4.69) is 5.10 Å². The Bertz CT molecular complexity index is 373. The van der Waals surface area contributed by atoms with Crippen LogP contribution in [0.15, 0.2) is 23.3 Å². The van der Waals surface area contributed by atoms with Crippen molar-refractivity contribution >= 4 is 5.71 Å². The van der Waals surface area contributed by atoms with Crippen LogP contribution in [0.1, 0.15) is 12.5 Å². The highest BCUT2D eigenvalue weighted by atomic mass is 16.5. The number of hydrogen-bond donors (Lipinski definition) is 1. The Morgan fingerprint density at radius 3 is 2.60 bits per heavy atom. The Labute approximate surface area is 89.8 Å². The van der Waals surface area contributed by atoms with Crippen LogP contribution in [0.3, 0.4) is 0 Å². The summed E-state index contributed by atoms with van der Waals surface area (Å²) in [6.07, 6.45) is 0. The second-order valence-electron chi connectivity index (χ2n) is 3.42. The molecule has 1 aromatic carbocycles. The first-order valence-corrected chi connectivity index (χ1v) is 4.64. The van der Waals surface area contributed by atoms with Gasteiger partial charge in [-0.05, 0) is 25.1 Å². The molecule has 0 aliphatic carbocycles. The van der Waals surface area contributed by atoms with E-state index in [-0.39, 0.29) is 5.75 Å². The highest BCUT2D eigenvalue weighted by molar-refractivity contribution is 5.99. The predicted molar refractivity (Wildman–Crippen MR) is 60.6 cm³/mol. The maximum Gasteiger partial charge on any atom is 0.161 e. The van der Waals surface area contributed by atoms with E-state index < -0.39 is 0 Å². The maximum atomic E-state index is 9.42. The fraction of sp³-hybridized carbons (Fsp3) is 0.364.